The molecule has 9 heteroatoms. The first-order valence-electron chi connectivity index (χ1n) is 9.10. The summed E-state index contributed by atoms with van der Waals surface area (Å²) in [5, 5.41) is 4.50. The van der Waals surface area contributed by atoms with Crippen molar-refractivity contribution in [2.45, 2.75) is 25.9 Å². The number of benzene rings is 1. The number of sulfone groups is 1. The summed E-state index contributed by atoms with van der Waals surface area (Å²) in [6, 6.07) is 11.7. The van der Waals surface area contributed by atoms with Gasteiger partial charge in [-0.3, -0.25) is 4.79 Å². The second kappa shape index (κ2) is 7.68. The Hall–Kier alpha value is -2.58. The molecule has 3 aromatic rings. The lowest BCUT2D eigenvalue weighted by Gasteiger charge is -2.26. The Labute approximate surface area is 173 Å². The summed E-state index contributed by atoms with van der Waals surface area (Å²) in [7, 11) is -3.17. The van der Waals surface area contributed by atoms with Gasteiger partial charge in [-0.25, -0.2) is 8.42 Å². The number of aryl methyl sites for hydroxylation is 1. The van der Waals surface area contributed by atoms with Crippen molar-refractivity contribution in [3.63, 3.8) is 0 Å². The molecule has 0 spiro atoms. The molecule has 1 atom stereocenters. The monoisotopic (exact) mass is 434 g/mol. The predicted molar refractivity (Wildman–Crippen MR) is 107 cm³/mol. The van der Waals surface area contributed by atoms with E-state index in [2.05, 4.69) is 5.16 Å². The molecule has 2 aromatic heterocycles. The third-order valence-corrected chi connectivity index (χ3v) is 6.89. The summed E-state index contributed by atoms with van der Waals surface area (Å²) in [5.41, 5.74) is 0.847. The van der Waals surface area contributed by atoms with Gasteiger partial charge >= 0.3 is 0 Å². The van der Waals surface area contributed by atoms with Gasteiger partial charge in [-0.05, 0) is 49.7 Å². The summed E-state index contributed by atoms with van der Waals surface area (Å²) >= 11 is 5.91. The van der Waals surface area contributed by atoms with E-state index in [9.17, 15) is 13.2 Å². The van der Waals surface area contributed by atoms with Crippen LogP contribution >= 0.6 is 11.6 Å². The van der Waals surface area contributed by atoms with Crippen molar-refractivity contribution >= 4 is 27.3 Å². The quantitative estimate of drug-likeness (QED) is 0.607. The molecule has 29 heavy (non-hydrogen) atoms. The van der Waals surface area contributed by atoms with Gasteiger partial charge in [0.05, 0.1) is 18.1 Å². The van der Waals surface area contributed by atoms with Gasteiger partial charge in [0.2, 0.25) is 0 Å². The molecule has 1 aromatic carbocycles. The summed E-state index contributed by atoms with van der Waals surface area (Å²) in [6.45, 7) is 1.97. The molecular formula is C20H19ClN2O5S. The van der Waals surface area contributed by atoms with Crippen molar-refractivity contribution in [2.75, 3.05) is 11.5 Å². The van der Waals surface area contributed by atoms with Crippen LogP contribution in [0.4, 0.5) is 0 Å². The van der Waals surface area contributed by atoms with E-state index >= 15 is 0 Å². The van der Waals surface area contributed by atoms with Crippen molar-refractivity contribution in [3.8, 4) is 11.3 Å². The standard InChI is InChI=1S/C20H19ClN2O5S/c1-13-2-7-17(27-13)11-23(16-8-9-29(25,26)12-16)20(24)18-10-19(28-22-18)14-3-5-15(21)6-4-14/h2-7,10,16H,8-9,11-12H2,1H3/t16-/m1/s1. The summed E-state index contributed by atoms with van der Waals surface area (Å²) in [5.74, 6) is 1.33. The van der Waals surface area contributed by atoms with E-state index in [1.54, 1.807) is 42.5 Å². The minimum Gasteiger partial charge on any atom is -0.464 e. The van der Waals surface area contributed by atoms with Crippen molar-refractivity contribution in [1.29, 1.82) is 0 Å². The first-order chi connectivity index (χ1) is 13.8. The molecule has 1 fully saturated rings. The van der Waals surface area contributed by atoms with Crippen molar-refractivity contribution in [2.24, 2.45) is 0 Å². The summed E-state index contributed by atoms with van der Waals surface area (Å²) in [4.78, 5) is 14.7. The van der Waals surface area contributed by atoms with Crippen LogP contribution in [0, 0.1) is 6.92 Å². The SMILES string of the molecule is Cc1ccc(CN(C(=O)c2cc(-c3ccc(Cl)cc3)on2)[C@@H]2CCS(=O)(=O)C2)o1. The van der Waals surface area contributed by atoms with Crippen LogP contribution < -0.4 is 0 Å². The zero-order valence-corrected chi connectivity index (χ0v) is 17.2. The van der Waals surface area contributed by atoms with Crippen LogP contribution in [-0.4, -0.2) is 41.9 Å². The molecule has 0 saturated carbocycles. The minimum atomic E-state index is -3.17. The Balaban J connectivity index is 1.61. The van der Waals surface area contributed by atoms with E-state index < -0.39 is 21.8 Å². The average Bonchev–Trinajstić information content (AvgIpc) is 3.40. The molecule has 1 saturated heterocycles. The number of carbonyl (C=O) groups excluding carboxylic acids is 1. The normalized spacial score (nSPS) is 18.1. The maximum absolute atomic E-state index is 13.2. The van der Waals surface area contributed by atoms with Crippen LogP contribution in [0.15, 0.2) is 51.4 Å². The molecule has 0 N–H and O–H groups in total. The third-order valence-electron chi connectivity index (χ3n) is 4.89. The van der Waals surface area contributed by atoms with Crippen LogP contribution in [0.2, 0.25) is 5.02 Å². The lowest BCUT2D eigenvalue weighted by atomic mass is 10.1. The van der Waals surface area contributed by atoms with Gasteiger partial charge in [-0.2, -0.15) is 0 Å². The number of hydrogen-bond acceptors (Lipinski definition) is 6. The largest absolute Gasteiger partial charge is 0.464 e. The second-order valence-corrected chi connectivity index (χ2v) is 9.75. The molecule has 152 valence electrons. The van der Waals surface area contributed by atoms with E-state index in [0.717, 1.165) is 11.3 Å². The maximum atomic E-state index is 13.2. The second-order valence-electron chi connectivity index (χ2n) is 7.09. The Morgan fingerprint density at radius 2 is 2.00 bits per heavy atom. The number of nitrogens with zero attached hydrogens (tertiary/aromatic N) is 2. The smallest absolute Gasteiger partial charge is 0.276 e. The van der Waals surface area contributed by atoms with Crippen molar-refractivity contribution in [1.82, 2.24) is 10.1 Å². The number of furan rings is 1. The number of amides is 1. The molecule has 0 bridgehead atoms. The van der Waals surface area contributed by atoms with Crippen molar-refractivity contribution < 1.29 is 22.2 Å². The molecule has 1 aliphatic rings. The molecule has 1 aliphatic heterocycles. The summed E-state index contributed by atoms with van der Waals surface area (Å²) < 4.78 is 34.9. The molecular weight excluding hydrogens is 416 g/mol. The lowest BCUT2D eigenvalue weighted by molar-refractivity contribution is 0.0655. The average molecular weight is 435 g/mol. The molecule has 7 nitrogen and oxygen atoms in total. The van der Waals surface area contributed by atoms with Crippen LogP contribution in [0.5, 0.6) is 0 Å². The highest BCUT2D eigenvalue weighted by Crippen LogP contribution is 2.26. The van der Waals surface area contributed by atoms with E-state index in [0.29, 0.717) is 23.0 Å². The van der Waals surface area contributed by atoms with E-state index in [-0.39, 0.29) is 23.7 Å². The van der Waals surface area contributed by atoms with Crippen LogP contribution in [0.25, 0.3) is 11.3 Å². The van der Waals surface area contributed by atoms with E-state index in [1.807, 2.05) is 6.92 Å². The highest BCUT2D eigenvalue weighted by Gasteiger charge is 2.36. The molecule has 1 amide bonds. The first-order valence-corrected chi connectivity index (χ1v) is 11.3. The maximum Gasteiger partial charge on any atom is 0.276 e. The number of carbonyl (C=O) groups is 1. The molecule has 3 heterocycles. The molecule has 4 rings (SSSR count). The fourth-order valence-electron chi connectivity index (χ4n) is 3.40. The first kappa shape index (κ1) is 19.7. The summed E-state index contributed by atoms with van der Waals surface area (Å²) in [6.07, 6.45) is 0.385. The van der Waals surface area contributed by atoms with Gasteiger partial charge in [0, 0.05) is 22.7 Å². The van der Waals surface area contributed by atoms with Gasteiger partial charge in [-0.1, -0.05) is 16.8 Å². The van der Waals surface area contributed by atoms with Crippen LogP contribution in [0.1, 0.15) is 28.4 Å². The number of aromatic nitrogens is 1. The Bertz CT molecular complexity index is 1130. The van der Waals surface area contributed by atoms with Gasteiger partial charge in [0.15, 0.2) is 21.3 Å². The highest BCUT2D eigenvalue weighted by molar-refractivity contribution is 7.91. The molecule has 0 aliphatic carbocycles. The minimum absolute atomic E-state index is 0.0630. The molecule has 0 unspecified atom stereocenters. The van der Waals surface area contributed by atoms with Gasteiger partial charge < -0.3 is 13.8 Å². The fraction of sp³-hybridized carbons (Fsp3) is 0.300. The van der Waals surface area contributed by atoms with Gasteiger partial charge in [-0.15, -0.1) is 0 Å². The van der Waals surface area contributed by atoms with Gasteiger partial charge in [0.1, 0.15) is 11.5 Å². The van der Waals surface area contributed by atoms with Crippen LogP contribution in [-0.2, 0) is 16.4 Å². The van der Waals surface area contributed by atoms with Crippen LogP contribution in [0.3, 0.4) is 0 Å². The number of rotatable bonds is 5. The third kappa shape index (κ3) is 4.38. The van der Waals surface area contributed by atoms with E-state index in [1.165, 1.54) is 4.90 Å². The number of halogens is 1. The Kier molecular flexibility index (Phi) is 5.23. The van der Waals surface area contributed by atoms with E-state index in [4.69, 9.17) is 20.5 Å². The zero-order valence-electron chi connectivity index (χ0n) is 15.7. The Morgan fingerprint density at radius 1 is 1.24 bits per heavy atom. The predicted octanol–water partition coefficient (Wildman–Crippen LogP) is 3.73. The molecule has 0 radical (unpaired) electrons. The lowest BCUT2D eigenvalue weighted by Crippen LogP contribution is -2.40. The van der Waals surface area contributed by atoms with Crippen molar-refractivity contribution in [3.05, 3.63) is 64.7 Å². The topological polar surface area (TPSA) is 93.6 Å². The Morgan fingerprint density at radius 3 is 2.62 bits per heavy atom. The van der Waals surface area contributed by atoms with Gasteiger partial charge in [0.25, 0.3) is 5.91 Å². The highest BCUT2D eigenvalue weighted by atomic mass is 35.5. The fourth-order valence-corrected chi connectivity index (χ4v) is 5.26. The number of hydrogen-bond donors (Lipinski definition) is 0. The zero-order chi connectivity index (χ0) is 20.6.